The Morgan fingerprint density at radius 1 is 1.04 bits per heavy atom. The van der Waals surface area contributed by atoms with Gasteiger partial charge in [-0.25, -0.2) is 4.79 Å². The minimum Gasteiger partial charge on any atom is -0.497 e. The van der Waals surface area contributed by atoms with E-state index in [1.807, 2.05) is 12.1 Å². The van der Waals surface area contributed by atoms with Crippen molar-refractivity contribution in [3.63, 3.8) is 0 Å². The van der Waals surface area contributed by atoms with E-state index in [0.29, 0.717) is 22.3 Å². The molecule has 0 aromatic heterocycles. The first-order valence-corrected chi connectivity index (χ1v) is 7.95. The first-order chi connectivity index (χ1) is 12.1. The number of methoxy groups -OCH3 is 2. The van der Waals surface area contributed by atoms with Crippen LogP contribution < -0.4 is 14.2 Å². The van der Waals surface area contributed by atoms with E-state index < -0.39 is 5.97 Å². The summed E-state index contributed by atoms with van der Waals surface area (Å²) in [5, 5.41) is 0.515. The zero-order chi connectivity index (χ0) is 18.1. The summed E-state index contributed by atoms with van der Waals surface area (Å²) in [4.78, 5) is 11.8. The predicted molar refractivity (Wildman–Crippen MR) is 96.5 cm³/mol. The predicted octanol–water partition coefficient (Wildman–Crippen LogP) is 3.99. The van der Waals surface area contributed by atoms with Gasteiger partial charge in [0, 0.05) is 12.1 Å². The van der Waals surface area contributed by atoms with Crippen molar-refractivity contribution in [2.45, 2.75) is 0 Å². The van der Waals surface area contributed by atoms with Gasteiger partial charge in [-0.3, -0.25) is 0 Å². The number of para-hydroxylation sites is 1. The van der Waals surface area contributed by atoms with E-state index in [-0.39, 0.29) is 13.2 Å². The van der Waals surface area contributed by atoms with E-state index in [1.54, 1.807) is 50.6 Å². The molecule has 6 heteroatoms. The molecule has 0 bridgehead atoms. The highest BCUT2D eigenvalue weighted by molar-refractivity contribution is 6.32. The van der Waals surface area contributed by atoms with Crippen LogP contribution in [0.3, 0.4) is 0 Å². The molecule has 0 aliphatic rings. The second kappa shape index (κ2) is 9.59. The summed E-state index contributed by atoms with van der Waals surface area (Å²) in [6.07, 6.45) is 2.96. The molecule has 0 aliphatic heterocycles. The fourth-order valence-electron chi connectivity index (χ4n) is 1.99. The lowest BCUT2D eigenvalue weighted by atomic mass is 10.2. The van der Waals surface area contributed by atoms with Crippen LogP contribution in [-0.4, -0.2) is 33.4 Å². The number of ether oxygens (including phenoxy) is 4. The van der Waals surface area contributed by atoms with Crippen LogP contribution in [0.2, 0.25) is 5.02 Å². The number of benzene rings is 2. The maximum absolute atomic E-state index is 11.8. The van der Waals surface area contributed by atoms with E-state index in [4.69, 9.17) is 30.5 Å². The smallest absolute Gasteiger partial charge is 0.330 e. The van der Waals surface area contributed by atoms with Crippen LogP contribution in [-0.2, 0) is 9.53 Å². The zero-order valence-corrected chi connectivity index (χ0v) is 14.8. The molecule has 0 heterocycles. The van der Waals surface area contributed by atoms with E-state index in [0.717, 1.165) is 5.56 Å². The third kappa shape index (κ3) is 6.04. The van der Waals surface area contributed by atoms with Gasteiger partial charge < -0.3 is 18.9 Å². The summed E-state index contributed by atoms with van der Waals surface area (Å²) in [5.41, 5.74) is 0.764. The van der Waals surface area contributed by atoms with Crippen molar-refractivity contribution in [2.75, 3.05) is 27.4 Å². The fraction of sp³-hybridized carbons (Fsp3) is 0.211. The summed E-state index contributed by atoms with van der Waals surface area (Å²) in [6, 6.07) is 12.4. The van der Waals surface area contributed by atoms with Gasteiger partial charge in [-0.15, -0.1) is 0 Å². The third-order valence-corrected chi connectivity index (χ3v) is 3.52. The number of hydrogen-bond donors (Lipinski definition) is 0. The number of esters is 1. The molecule has 0 atom stereocenters. The molecule has 5 nitrogen and oxygen atoms in total. The van der Waals surface area contributed by atoms with Crippen LogP contribution in [0.15, 0.2) is 48.5 Å². The number of hydrogen-bond acceptors (Lipinski definition) is 5. The molecule has 0 fully saturated rings. The van der Waals surface area contributed by atoms with Crippen LogP contribution in [0.1, 0.15) is 5.56 Å². The number of carbonyl (C=O) groups is 1. The Bertz CT molecular complexity index is 720. The van der Waals surface area contributed by atoms with Crippen molar-refractivity contribution in [1.29, 1.82) is 0 Å². The second-order valence-electron chi connectivity index (χ2n) is 4.93. The molecule has 0 aliphatic carbocycles. The summed E-state index contributed by atoms with van der Waals surface area (Å²) >= 11 is 5.97. The Morgan fingerprint density at radius 2 is 1.72 bits per heavy atom. The molecule has 0 N–H and O–H groups in total. The first kappa shape index (κ1) is 18.7. The van der Waals surface area contributed by atoms with Crippen LogP contribution in [0, 0.1) is 0 Å². The monoisotopic (exact) mass is 362 g/mol. The van der Waals surface area contributed by atoms with Gasteiger partial charge in [-0.1, -0.05) is 23.7 Å². The lowest BCUT2D eigenvalue weighted by Gasteiger charge is -2.07. The number of carbonyl (C=O) groups excluding carboxylic acids is 1. The van der Waals surface area contributed by atoms with Gasteiger partial charge in [0.1, 0.15) is 30.5 Å². The summed E-state index contributed by atoms with van der Waals surface area (Å²) in [5.74, 6) is 1.37. The maximum Gasteiger partial charge on any atom is 0.330 e. The molecule has 0 unspecified atom stereocenters. The Kier molecular flexibility index (Phi) is 7.16. The Morgan fingerprint density at radius 3 is 2.36 bits per heavy atom. The Balaban J connectivity index is 1.82. The molecule has 2 aromatic rings. The van der Waals surface area contributed by atoms with Crippen LogP contribution in [0.5, 0.6) is 17.2 Å². The topological polar surface area (TPSA) is 54.0 Å². The first-order valence-electron chi connectivity index (χ1n) is 7.57. The number of halogens is 1. The lowest BCUT2D eigenvalue weighted by Crippen LogP contribution is -2.10. The van der Waals surface area contributed by atoms with Crippen molar-refractivity contribution in [2.24, 2.45) is 0 Å². The number of rotatable bonds is 8. The van der Waals surface area contributed by atoms with Crippen LogP contribution >= 0.6 is 11.6 Å². The minimum atomic E-state index is -0.468. The molecule has 25 heavy (non-hydrogen) atoms. The molecule has 0 radical (unpaired) electrons. The summed E-state index contributed by atoms with van der Waals surface area (Å²) < 4.78 is 20.9. The van der Waals surface area contributed by atoms with E-state index >= 15 is 0 Å². The fourth-order valence-corrected chi connectivity index (χ4v) is 2.18. The van der Waals surface area contributed by atoms with Crippen molar-refractivity contribution >= 4 is 23.6 Å². The van der Waals surface area contributed by atoms with Crippen LogP contribution in [0.4, 0.5) is 0 Å². The highest BCUT2D eigenvalue weighted by Crippen LogP contribution is 2.24. The van der Waals surface area contributed by atoms with Crippen molar-refractivity contribution < 1.29 is 23.7 Å². The quantitative estimate of drug-likeness (QED) is 0.403. The standard InChI is InChI=1S/C19H19ClO5/c1-22-15-11-14(12-16(13-15)23-2)7-8-19(21)25-10-9-24-18-6-4-3-5-17(18)20/h3-8,11-13H,9-10H2,1-2H3/b8-7+. The highest BCUT2D eigenvalue weighted by Gasteiger charge is 2.03. The van der Waals surface area contributed by atoms with Crippen molar-refractivity contribution in [3.8, 4) is 17.2 Å². The molecule has 2 rings (SSSR count). The zero-order valence-electron chi connectivity index (χ0n) is 14.0. The highest BCUT2D eigenvalue weighted by atomic mass is 35.5. The minimum absolute atomic E-state index is 0.121. The molecule has 0 amide bonds. The molecular formula is C19H19ClO5. The van der Waals surface area contributed by atoms with Gasteiger partial charge in [0.05, 0.1) is 19.2 Å². The van der Waals surface area contributed by atoms with E-state index in [9.17, 15) is 4.79 Å². The molecule has 0 saturated heterocycles. The van der Waals surface area contributed by atoms with Gasteiger partial charge in [-0.2, -0.15) is 0 Å². The van der Waals surface area contributed by atoms with Gasteiger partial charge >= 0.3 is 5.97 Å². The molecular weight excluding hydrogens is 344 g/mol. The SMILES string of the molecule is COc1cc(/C=C/C(=O)OCCOc2ccccc2Cl)cc(OC)c1. The second-order valence-corrected chi connectivity index (χ2v) is 5.33. The van der Waals surface area contributed by atoms with E-state index in [2.05, 4.69) is 0 Å². The lowest BCUT2D eigenvalue weighted by molar-refractivity contribution is -0.138. The van der Waals surface area contributed by atoms with Crippen molar-refractivity contribution in [1.82, 2.24) is 0 Å². The average Bonchev–Trinajstić information content (AvgIpc) is 2.64. The van der Waals surface area contributed by atoms with Gasteiger partial charge in [0.15, 0.2) is 0 Å². The summed E-state index contributed by atoms with van der Waals surface area (Å²) in [6.45, 7) is 0.339. The van der Waals surface area contributed by atoms with Gasteiger partial charge in [0.25, 0.3) is 0 Å². The Labute approximate surface area is 151 Å². The average molecular weight is 363 g/mol. The van der Waals surface area contributed by atoms with Gasteiger partial charge in [-0.05, 0) is 35.9 Å². The van der Waals surface area contributed by atoms with Crippen molar-refractivity contribution in [3.05, 3.63) is 59.1 Å². The third-order valence-electron chi connectivity index (χ3n) is 3.21. The Hall–Kier alpha value is -2.66. The molecule has 0 saturated carbocycles. The largest absolute Gasteiger partial charge is 0.497 e. The normalized spacial score (nSPS) is 10.5. The summed E-state index contributed by atoms with van der Waals surface area (Å²) in [7, 11) is 3.13. The maximum atomic E-state index is 11.8. The molecule has 0 spiro atoms. The van der Waals surface area contributed by atoms with Gasteiger partial charge in [0.2, 0.25) is 0 Å². The van der Waals surface area contributed by atoms with Crippen LogP contribution in [0.25, 0.3) is 6.08 Å². The molecule has 132 valence electrons. The molecule has 2 aromatic carbocycles. The van der Waals surface area contributed by atoms with E-state index in [1.165, 1.54) is 6.08 Å².